The van der Waals surface area contributed by atoms with Crippen molar-refractivity contribution in [1.82, 2.24) is 4.98 Å². The van der Waals surface area contributed by atoms with Crippen LogP contribution in [0.2, 0.25) is 0 Å². The molecule has 0 aliphatic rings. The van der Waals surface area contributed by atoms with E-state index < -0.39 is 5.97 Å². The van der Waals surface area contributed by atoms with E-state index in [-0.39, 0.29) is 0 Å². The van der Waals surface area contributed by atoms with Gasteiger partial charge in [0.1, 0.15) is 0 Å². The average molecular weight is 265 g/mol. The molecule has 2 rings (SSSR count). The molecule has 0 spiro atoms. The Hall–Kier alpha value is -1.33. The molecular weight excluding hydrogens is 254 g/mol. The Labute approximate surface area is 108 Å². The molecule has 0 atom stereocenters. The van der Waals surface area contributed by atoms with Gasteiger partial charge >= 0.3 is 5.97 Å². The Bertz CT molecular complexity index is 563. The van der Waals surface area contributed by atoms with Crippen molar-refractivity contribution in [3.05, 3.63) is 40.4 Å². The molecule has 0 unspecified atom stereocenters. The lowest BCUT2D eigenvalue weighted by Crippen LogP contribution is -1.98. The highest BCUT2D eigenvalue weighted by molar-refractivity contribution is 8.01. The maximum absolute atomic E-state index is 11.1. The van der Waals surface area contributed by atoms with Gasteiger partial charge in [0.05, 0.1) is 5.56 Å². The summed E-state index contributed by atoms with van der Waals surface area (Å²) >= 11 is 2.93. The van der Waals surface area contributed by atoms with E-state index in [0.717, 1.165) is 20.5 Å². The van der Waals surface area contributed by atoms with E-state index in [0.29, 0.717) is 5.56 Å². The number of thiazole rings is 1. The molecule has 0 saturated heterocycles. The smallest absolute Gasteiger partial charge is 0.336 e. The van der Waals surface area contributed by atoms with Gasteiger partial charge in [0.25, 0.3) is 0 Å². The SMILES string of the molecule is Cc1ccc(C(=O)O)c(Sc2nc(C)cs2)c1. The van der Waals surface area contributed by atoms with Crippen LogP contribution in [0, 0.1) is 13.8 Å². The number of aromatic carboxylic acids is 1. The van der Waals surface area contributed by atoms with Crippen LogP contribution in [0.1, 0.15) is 21.6 Å². The van der Waals surface area contributed by atoms with Crippen LogP contribution in [0.25, 0.3) is 0 Å². The third-order valence-corrected chi connectivity index (χ3v) is 4.28. The Morgan fingerprint density at radius 1 is 1.41 bits per heavy atom. The lowest BCUT2D eigenvalue weighted by atomic mass is 10.1. The van der Waals surface area contributed by atoms with Crippen LogP contribution in [-0.2, 0) is 0 Å². The molecule has 1 heterocycles. The lowest BCUT2D eigenvalue weighted by Gasteiger charge is -2.04. The molecule has 1 N–H and O–H groups in total. The summed E-state index contributed by atoms with van der Waals surface area (Å²) in [5.74, 6) is -0.902. The molecule has 1 aromatic carbocycles. The second-order valence-electron chi connectivity index (χ2n) is 3.66. The van der Waals surface area contributed by atoms with E-state index in [1.807, 2.05) is 25.3 Å². The molecule has 0 amide bonds. The molecular formula is C12H11NO2S2. The summed E-state index contributed by atoms with van der Waals surface area (Å²) in [5.41, 5.74) is 2.33. The minimum Gasteiger partial charge on any atom is -0.478 e. The number of carboxylic acid groups (broad SMARTS) is 1. The second kappa shape index (κ2) is 4.89. The van der Waals surface area contributed by atoms with Crippen molar-refractivity contribution >= 4 is 29.1 Å². The number of benzene rings is 1. The van der Waals surface area contributed by atoms with Crippen LogP contribution in [0.5, 0.6) is 0 Å². The Balaban J connectivity index is 2.37. The number of hydrogen-bond acceptors (Lipinski definition) is 4. The van der Waals surface area contributed by atoms with Crippen molar-refractivity contribution in [2.45, 2.75) is 23.1 Å². The predicted molar refractivity (Wildman–Crippen MR) is 69.1 cm³/mol. The van der Waals surface area contributed by atoms with Gasteiger partial charge in [-0.1, -0.05) is 17.8 Å². The van der Waals surface area contributed by atoms with Crippen molar-refractivity contribution in [3.63, 3.8) is 0 Å². The molecule has 3 nitrogen and oxygen atoms in total. The van der Waals surface area contributed by atoms with Gasteiger partial charge in [-0.25, -0.2) is 9.78 Å². The summed E-state index contributed by atoms with van der Waals surface area (Å²) in [5, 5.41) is 11.1. The van der Waals surface area contributed by atoms with E-state index in [9.17, 15) is 4.79 Å². The molecule has 88 valence electrons. The summed E-state index contributed by atoms with van der Waals surface area (Å²) in [4.78, 5) is 16.2. The molecule has 1 aromatic heterocycles. The number of hydrogen-bond donors (Lipinski definition) is 1. The molecule has 2 aromatic rings. The van der Waals surface area contributed by atoms with Crippen LogP contribution in [0.15, 0.2) is 32.8 Å². The third-order valence-electron chi connectivity index (χ3n) is 2.16. The first kappa shape index (κ1) is 12.1. The van der Waals surface area contributed by atoms with E-state index in [1.165, 1.54) is 23.1 Å². The maximum Gasteiger partial charge on any atom is 0.336 e. The third kappa shape index (κ3) is 2.87. The van der Waals surface area contributed by atoms with Crippen molar-refractivity contribution in [3.8, 4) is 0 Å². The monoisotopic (exact) mass is 265 g/mol. The van der Waals surface area contributed by atoms with Gasteiger partial charge in [0, 0.05) is 16.0 Å². The number of carbonyl (C=O) groups is 1. The zero-order valence-electron chi connectivity index (χ0n) is 9.43. The first-order chi connectivity index (χ1) is 8.06. The average Bonchev–Trinajstić information content (AvgIpc) is 2.63. The van der Waals surface area contributed by atoms with Gasteiger partial charge in [-0.15, -0.1) is 11.3 Å². The number of aryl methyl sites for hydroxylation is 2. The summed E-state index contributed by atoms with van der Waals surface area (Å²) < 4.78 is 0.871. The van der Waals surface area contributed by atoms with Gasteiger partial charge in [0.15, 0.2) is 4.34 Å². The normalized spacial score (nSPS) is 10.5. The Kier molecular flexibility index (Phi) is 3.49. The highest BCUT2D eigenvalue weighted by Crippen LogP contribution is 2.33. The minimum atomic E-state index is -0.902. The number of aromatic nitrogens is 1. The molecule has 0 aliphatic heterocycles. The van der Waals surface area contributed by atoms with Crippen LogP contribution in [0.3, 0.4) is 0 Å². The number of rotatable bonds is 3. The molecule has 0 radical (unpaired) electrons. The predicted octanol–water partition coefficient (Wildman–Crippen LogP) is 3.61. The van der Waals surface area contributed by atoms with Gasteiger partial charge in [-0.3, -0.25) is 0 Å². The van der Waals surface area contributed by atoms with Crippen LogP contribution in [0.4, 0.5) is 0 Å². The van der Waals surface area contributed by atoms with Gasteiger partial charge < -0.3 is 5.11 Å². The van der Waals surface area contributed by atoms with Crippen molar-refractivity contribution in [2.24, 2.45) is 0 Å². The molecule has 0 bridgehead atoms. The lowest BCUT2D eigenvalue weighted by molar-refractivity contribution is 0.0693. The summed E-state index contributed by atoms with van der Waals surface area (Å²) in [6, 6.07) is 5.33. The number of nitrogens with zero attached hydrogens (tertiary/aromatic N) is 1. The topological polar surface area (TPSA) is 50.2 Å². The Morgan fingerprint density at radius 2 is 2.18 bits per heavy atom. The van der Waals surface area contributed by atoms with E-state index in [4.69, 9.17) is 5.11 Å². The quantitative estimate of drug-likeness (QED) is 0.921. The fraction of sp³-hybridized carbons (Fsp3) is 0.167. The molecule has 0 aliphatic carbocycles. The van der Waals surface area contributed by atoms with Crippen molar-refractivity contribution in [2.75, 3.05) is 0 Å². The highest BCUT2D eigenvalue weighted by Gasteiger charge is 2.12. The number of carboxylic acids is 1. The fourth-order valence-electron chi connectivity index (χ4n) is 1.36. The minimum absolute atomic E-state index is 0.327. The summed E-state index contributed by atoms with van der Waals surface area (Å²) in [6.07, 6.45) is 0. The van der Waals surface area contributed by atoms with Crippen LogP contribution in [-0.4, -0.2) is 16.1 Å². The van der Waals surface area contributed by atoms with E-state index in [2.05, 4.69) is 4.98 Å². The van der Waals surface area contributed by atoms with Gasteiger partial charge in [-0.2, -0.15) is 0 Å². The van der Waals surface area contributed by atoms with E-state index in [1.54, 1.807) is 12.1 Å². The first-order valence-corrected chi connectivity index (χ1v) is 6.70. The molecule has 17 heavy (non-hydrogen) atoms. The fourth-order valence-corrected chi connectivity index (χ4v) is 3.38. The second-order valence-corrected chi connectivity index (χ2v) is 5.81. The zero-order valence-corrected chi connectivity index (χ0v) is 11.1. The molecule has 0 saturated carbocycles. The van der Waals surface area contributed by atoms with Crippen molar-refractivity contribution < 1.29 is 9.90 Å². The van der Waals surface area contributed by atoms with Gasteiger partial charge in [0.2, 0.25) is 0 Å². The molecule has 0 fully saturated rings. The summed E-state index contributed by atoms with van der Waals surface area (Å²) in [7, 11) is 0. The largest absolute Gasteiger partial charge is 0.478 e. The van der Waals surface area contributed by atoms with Crippen LogP contribution < -0.4 is 0 Å². The highest BCUT2D eigenvalue weighted by atomic mass is 32.2. The Morgan fingerprint density at radius 3 is 2.76 bits per heavy atom. The summed E-state index contributed by atoms with van der Waals surface area (Å²) in [6.45, 7) is 3.87. The van der Waals surface area contributed by atoms with Gasteiger partial charge in [-0.05, 0) is 31.5 Å². The standard InChI is InChI=1S/C12H11NO2S2/c1-7-3-4-9(11(14)15)10(5-7)17-12-13-8(2)6-16-12/h3-6H,1-2H3,(H,14,15). The first-order valence-electron chi connectivity index (χ1n) is 5.00. The van der Waals surface area contributed by atoms with Crippen molar-refractivity contribution in [1.29, 1.82) is 0 Å². The van der Waals surface area contributed by atoms with E-state index >= 15 is 0 Å². The maximum atomic E-state index is 11.1. The molecule has 5 heteroatoms. The zero-order chi connectivity index (χ0) is 12.4. The van der Waals surface area contributed by atoms with Crippen LogP contribution >= 0.6 is 23.1 Å².